The molecular formula is C16H22N6O3. The van der Waals surface area contributed by atoms with Crippen molar-refractivity contribution in [1.29, 1.82) is 0 Å². The average Bonchev–Trinajstić information content (AvgIpc) is 3.04. The molecule has 9 heteroatoms. The minimum Gasteiger partial charge on any atom is -0.480 e. The molecule has 0 fully saturated rings. The lowest BCUT2D eigenvalue weighted by Gasteiger charge is -2.18. The summed E-state index contributed by atoms with van der Waals surface area (Å²) in [5.41, 5.74) is 1.08. The van der Waals surface area contributed by atoms with Crippen molar-refractivity contribution >= 4 is 11.8 Å². The van der Waals surface area contributed by atoms with Crippen molar-refractivity contribution < 1.29 is 14.3 Å². The predicted molar refractivity (Wildman–Crippen MR) is 90.7 cm³/mol. The van der Waals surface area contributed by atoms with Gasteiger partial charge in [0.25, 0.3) is 5.91 Å². The van der Waals surface area contributed by atoms with Crippen LogP contribution in [0.25, 0.3) is 5.82 Å². The van der Waals surface area contributed by atoms with Gasteiger partial charge in [0.1, 0.15) is 6.04 Å². The summed E-state index contributed by atoms with van der Waals surface area (Å²) in [5.74, 6) is 0.337. The van der Waals surface area contributed by atoms with Crippen molar-refractivity contribution in [2.45, 2.75) is 26.3 Å². The van der Waals surface area contributed by atoms with Crippen LogP contribution in [0.4, 0.5) is 0 Å². The molecule has 0 bridgehead atoms. The summed E-state index contributed by atoms with van der Waals surface area (Å²) < 4.78 is 6.54. The Hall–Kier alpha value is -2.97. The first kappa shape index (κ1) is 18.4. The molecule has 0 spiro atoms. The third-order valence-corrected chi connectivity index (χ3v) is 3.66. The van der Waals surface area contributed by atoms with E-state index in [1.165, 1.54) is 18.2 Å². The number of methoxy groups -OCH3 is 1. The topological polar surface area (TPSA) is 102 Å². The first-order chi connectivity index (χ1) is 11.9. The van der Waals surface area contributed by atoms with E-state index in [1.54, 1.807) is 37.8 Å². The Balaban J connectivity index is 2.26. The summed E-state index contributed by atoms with van der Waals surface area (Å²) in [5, 5.41) is 14.9. The Labute approximate surface area is 146 Å². The number of likely N-dealkylation sites (N-methyl/N-ethyl adjacent to an activating group) is 1. The van der Waals surface area contributed by atoms with E-state index < -0.39 is 6.04 Å². The second kappa shape index (κ2) is 7.73. The molecule has 0 saturated carbocycles. The normalized spacial score (nSPS) is 11.7. The number of carbonyl (C=O) groups is 2. The lowest BCUT2D eigenvalue weighted by atomic mass is 10.1. The third-order valence-electron chi connectivity index (χ3n) is 3.66. The molecule has 9 nitrogen and oxygen atoms in total. The Kier molecular flexibility index (Phi) is 5.68. The molecule has 2 amide bonds. The largest absolute Gasteiger partial charge is 0.480 e. The van der Waals surface area contributed by atoms with E-state index in [9.17, 15) is 9.59 Å². The first-order valence-corrected chi connectivity index (χ1v) is 7.86. The summed E-state index contributed by atoms with van der Waals surface area (Å²) in [6, 6.07) is 2.75. The van der Waals surface area contributed by atoms with Crippen LogP contribution in [-0.2, 0) is 11.2 Å². The van der Waals surface area contributed by atoms with Crippen LogP contribution in [0, 0.1) is 0 Å². The van der Waals surface area contributed by atoms with E-state index in [2.05, 4.69) is 20.6 Å². The highest BCUT2D eigenvalue weighted by atomic mass is 16.5. The molecule has 0 unspecified atom stereocenters. The number of hydrogen-bond acceptors (Lipinski definition) is 6. The first-order valence-electron chi connectivity index (χ1n) is 7.86. The van der Waals surface area contributed by atoms with Gasteiger partial charge in [-0.15, -0.1) is 10.2 Å². The standard InChI is InChI=1S/C16H22N6O3/c1-6-12-11(15(23)18-10(2)16(24)21(3)4)9-17-22(12)13-7-8-14(25-5)20-19-13/h7-10H,6H2,1-5H3,(H,18,23)/t10-/m1/s1. The van der Waals surface area contributed by atoms with Gasteiger partial charge in [-0.2, -0.15) is 5.10 Å². The molecule has 2 aromatic rings. The van der Waals surface area contributed by atoms with E-state index in [0.717, 1.165) is 0 Å². The Bertz CT molecular complexity index is 754. The molecule has 2 aromatic heterocycles. The number of rotatable bonds is 6. The highest BCUT2D eigenvalue weighted by molar-refractivity contribution is 5.98. The SMILES string of the molecule is CCc1c(C(=O)N[C@H](C)C(=O)N(C)C)cnn1-c1ccc(OC)nn1. The summed E-state index contributed by atoms with van der Waals surface area (Å²) >= 11 is 0. The highest BCUT2D eigenvalue weighted by Gasteiger charge is 2.22. The van der Waals surface area contributed by atoms with Gasteiger partial charge >= 0.3 is 0 Å². The van der Waals surface area contributed by atoms with Gasteiger partial charge in [-0.25, -0.2) is 4.68 Å². The van der Waals surface area contributed by atoms with Crippen molar-refractivity contribution in [2.24, 2.45) is 0 Å². The Morgan fingerprint density at radius 2 is 2.04 bits per heavy atom. The van der Waals surface area contributed by atoms with Crippen LogP contribution < -0.4 is 10.1 Å². The molecule has 0 saturated heterocycles. The quantitative estimate of drug-likeness (QED) is 0.814. The second-order valence-corrected chi connectivity index (χ2v) is 5.63. The van der Waals surface area contributed by atoms with Crippen molar-refractivity contribution in [3.05, 3.63) is 29.6 Å². The molecule has 0 radical (unpaired) electrons. The van der Waals surface area contributed by atoms with Crippen LogP contribution in [0.1, 0.15) is 29.9 Å². The molecule has 2 heterocycles. The molecule has 0 aromatic carbocycles. The summed E-state index contributed by atoms with van der Waals surface area (Å²) in [6.45, 7) is 3.56. The fraction of sp³-hybridized carbons (Fsp3) is 0.438. The number of hydrogen-bond donors (Lipinski definition) is 1. The number of amides is 2. The van der Waals surface area contributed by atoms with Crippen molar-refractivity contribution in [3.8, 4) is 11.7 Å². The number of nitrogens with zero attached hydrogens (tertiary/aromatic N) is 5. The summed E-state index contributed by atoms with van der Waals surface area (Å²) in [7, 11) is 4.79. The zero-order valence-electron chi connectivity index (χ0n) is 15.0. The molecule has 2 rings (SSSR count). The molecule has 25 heavy (non-hydrogen) atoms. The Morgan fingerprint density at radius 1 is 1.32 bits per heavy atom. The molecule has 134 valence electrons. The maximum absolute atomic E-state index is 12.5. The van der Waals surface area contributed by atoms with Crippen LogP contribution in [0.15, 0.2) is 18.3 Å². The molecule has 0 aliphatic rings. The fourth-order valence-corrected chi connectivity index (χ4v) is 2.36. The maximum atomic E-state index is 12.5. The van der Waals surface area contributed by atoms with E-state index in [4.69, 9.17) is 4.74 Å². The van der Waals surface area contributed by atoms with Crippen LogP contribution in [-0.4, -0.2) is 63.9 Å². The molecule has 0 aliphatic heterocycles. The number of nitrogens with one attached hydrogen (secondary N) is 1. The van der Waals surface area contributed by atoms with Gasteiger partial charge in [-0.1, -0.05) is 6.92 Å². The van der Waals surface area contributed by atoms with Gasteiger partial charge in [0.15, 0.2) is 5.82 Å². The summed E-state index contributed by atoms with van der Waals surface area (Å²) in [4.78, 5) is 25.9. The van der Waals surface area contributed by atoms with Crippen LogP contribution in [0.2, 0.25) is 0 Å². The maximum Gasteiger partial charge on any atom is 0.255 e. The van der Waals surface area contributed by atoms with E-state index in [1.807, 2.05) is 6.92 Å². The minimum absolute atomic E-state index is 0.181. The van der Waals surface area contributed by atoms with Crippen molar-refractivity contribution in [3.63, 3.8) is 0 Å². The van der Waals surface area contributed by atoms with E-state index in [0.29, 0.717) is 29.4 Å². The molecule has 0 aliphatic carbocycles. The van der Waals surface area contributed by atoms with Gasteiger partial charge < -0.3 is 15.0 Å². The molecular weight excluding hydrogens is 324 g/mol. The average molecular weight is 346 g/mol. The zero-order valence-corrected chi connectivity index (χ0v) is 15.0. The van der Waals surface area contributed by atoms with Crippen molar-refractivity contribution in [2.75, 3.05) is 21.2 Å². The lowest BCUT2D eigenvalue weighted by molar-refractivity contribution is -0.130. The van der Waals surface area contributed by atoms with Gasteiger partial charge in [-0.05, 0) is 19.4 Å². The monoisotopic (exact) mass is 346 g/mol. The number of carbonyl (C=O) groups excluding carboxylic acids is 2. The van der Waals surface area contributed by atoms with Gasteiger partial charge in [0, 0.05) is 20.2 Å². The lowest BCUT2D eigenvalue weighted by Crippen LogP contribution is -2.44. The highest BCUT2D eigenvalue weighted by Crippen LogP contribution is 2.15. The van der Waals surface area contributed by atoms with Gasteiger partial charge in [-0.3, -0.25) is 9.59 Å². The predicted octanol–water partition coefficient (Wildman–Crippen LogP) is 0.440. The third kappa shape index (κ3) is 3.93. The second-order valence-electron chi connectivity index (χ2n) is 5.63. The molecule has 1 N–H and O–H groups in total. The van der Waals surface area contributed by atoms with Gasteiger partial charge in [0.05, 0.1) is 24.6 Å². The zero-order chi connectivity index (χ0) is 18.6. The van der Waals surface area contributed by atoms with Crippen LogP contribution in [0.3, 0.4) is 0 Å². The van der Waals surface area contributed by atoms with Crippen LogP contribution in [0.5, 0.6) is 5.88 Å². The fourth-order valence-electron chi connectivity index (χ4n) is 2.36. The Morgan fingerprint density at radius 3 is 2.56 bits per heavy atom. The summed E-state index contributed by atoms with van der Waals surface area (Å²) in [6.07, 6.45) is 2.03. The van der Waals surface area contributed by atoms with Crippen molar-refractivity contribution in [1.82, 2.24) is 30.2 Å². The minimum atomic E-state index is -0.628. The van der Waals surface area contributed by atoms with Crippen LogP contribution >= 0.6 is 0 Å². The number of ether oxygens (including phenoxy) is 1. The number of aromatic nitrogens is 4. The van der Waals surface area contributed by atoms with E-state index in [-0.39, 0.29) is 11.8 Å². The smallest absolute Gasteiger partial charge is 0.255 e. The van der Waals surface area contributed by atoms with Gasteiger partial charge in [0.2, 0.25) is 11.8 Å². The van der Waals surface area contributed by atoms with E-state index >= 15 is 0 Å². The molecule has 1 atom stereocenters.